The minimum Gasteiger partial charge on any atom is -0.493 e. The molecule has 0 atom stereocenters. The van der Waals surface area contributed by atoms with E-state index in [1.54, 1.807) is 18.2 Å². The molecule has 0 radical (unpaired) electrons. The summed E-state index contributed by atoms with van der Waals surface area (Å²) in [4.78, 5) is 23.8. The molecular weight excluding hydrogens is 342 g/mol. The lowest BCUT2D eigenvalue weighted by Crippen LogP contribution is -2.34. The van der Waals surface area contributed by atoms with Gasteiger partial charge in [0.25, 0.3) is 11.8 Å². The Morgan fingerprint density at radius 3 is 2.56 bits per heavy atom. The van der Waals surface area contributed by atoms with Gasteiger partial charge in [0, 0.05) is 5.56 Å². The molecule has 0 aliphatic heterocycles. The normalized spacial score (nSPS) is 10.8. The molecule has 2 aromatic rings. The van der Waals surface area contributed by atoms with Gasteiger partial charge in [0.1, 0.15) is 5.75 Å². The number of ether oxygens (including phenoxy) is 1. The van der Waals surface area contributed by atoms with Crippen molar-refractivity contribution in [3.63, 3.8) is 0 Å². The van der Waals surface area contributed by atoms with Crippen molar-refractivity contribution in [1.29, 1.82) is 0 Å². The van der Waals surface area contributed by atoms with Gasteiger partial charge in [-0.1, -0.05) is 31.5 Å². The van der Waals surface area contributed by atoms with Gasteiger partial charge in [0.15, 0.2) is 0 Å². The Morgan fingerprint density at radius 2 is 1.89 bits per heavy atom. The van der Waals surface area contributed by atoms with Gasteiger partial charge >= 0.3 is 0 Å². The van der Waals surface area contributed by atoms with Crippen molar-refractivity contribution in [2.75, 3.05) is 13.2 Å². The lowest BCUT2D eigenvalue weighted by Gasteiger charge is -2.08. The molecule has 0 aromatic heterocycles. The zero-order chi connectivity index (χ0) is 19.6. The zero-order valence-electron chi connectivity index (χ0n) is 15.9. The van der Waals surface area contributed by atoms with E-state index in [0.29, 0.717) is 18.1 Å². The molecule has 2 rings (SSSR count). The number of nitrogens with zero attached hydrogens (tertiary/aromatic N) is 1. The van der Waals surface area contributed by atoms with Crippen LogP contribution in [0.4, 0.5) is 0 Å². The molecule has 0 aliphatic rings. The first-order valence-electron chi connectivity index (χ1n) is 8.83. The summed E-state index contributed by atoms with van der Waals surface area (Å²) in [7, 11) is 0. The van der Waals surface area contributed by atoms with Gasteiger partial charge in [-0.2, -0.15) is 5.10 Å². The van der Waals surface area contributed by atoms with Crippen LogP contribution in [0.3, 0.4) is 0 Å². The van der Waals surface area contributed by atoms with Gasteiger partial charge in [-0.05, 0) is 54.8 Å². The first kappa shape index (κ1) is 20.2. The maximum absolute atomic E-state index is 12.0. The van der Waals surface area contributed by atoms with Gasteiger partial charge in [-0.3, -0.25) is 9.59 Å². The van der Waals surface area contributed by atoms with Crippen molar-refractivity contribution in [2.45, 2.75) is 20.8 Å². The number of carbonyl (C=O) groups is 2. The molecule has 0 saturated heterocycles. The van der Waals surface area contributed by atoms with E-state index in [1.165, 1.54) is 6.21 Å². The lowest BCUT2D eigenvalue weighted by atomic mass is 10.1. The Hall–Kier alpha value is -3.15. The highest BCUT2D eigenvalue weighted by molar-refractivity contribution is 5.96. The van der Waals surface area contributed by atoms with E-state index in [2.05, 4.69) is 29.7 Å². The molecule has 0 fully saturated rings. The molecule has 6 nitrogen and oxygen atoms in total. The summed E-state index contributed by atoms with van der Waals surface area (Å²) in [5, 5.41) is 6.46. The summed E-state index contributed by atoms with van der Waals surface area (Å²) < 4.78 is 5.61. The van der Waals surface area contributed by atoms with Crippen LogP contribution in [0.1, 0.15) is 35.3 Å². The van der Waals surface area contributed by atoms with Crippen LogP contribution in [-0.4, -0.2) is 31.2 Å². The maximum atomic E-state index is 12.0. The Balaban J connectivity index is 1.75. The second-order valence-electron chi connectivity index (χ2n) is 6.62. The minimum atomic E-state index is -0.399. The number of hydrogen-bond acceptors (Lipinski definition) is 4. The van der Waals surface area contributed by atoms with Crippen LogP contribution in [0.25, 0.3) is 0 Å². The lowest BCUT2D eigenvalue weighted by molar-refractivity contribution is -0.120. The van der Waals surface area contributed by atoms with Crippen LogP contribution < -0.4 is 15.5 Å². The zero-order valence-corrected chi connectivity index (χ0v) is 15.9. The summed E-state index contributed by atoms with van der Waals surface area (Å²) in [5.74, 6) is 0.565. The van der Waals surface area contributed by atoms with Gasteiger partial charge in [0.05, 0.1) is 19.4 Å². The minimum absolute atomic E-state index is 0.147. The quantitative estimate of drug-likeness (QED) is 0.556. The number of nitrogens with one attached hydrogen (secondary N) is 2. The number of benzene rings is 2. The third-order valence-corrected chi connectivity index (χ3v) is 3.56. The average Bonchev–Trinajstić information content (AvgIpc) is 2.65. The van der Waals surface area contributed by atoms with Crippen molar-refractivity contribution in [3.8, 4) is 5.75 Å². The number of rotatable bonds is 8. The summed E-state index contributed by atoms with van der Waals surface area (Å²) in [6.45, 7) is 6.60. The van der Waals surface area contributed by atoms with Crippen LogP contribution in [0.2, 0.25) is 0 Å². The summed E-state index contributed by atoms with van der Waals surface area (Å²) in [5.41, 5.74) is 4.72. The number of aryl methyl sites for hydroxylation is 1. The van der Waals surface area contributed by atoms with Crippen molar-refractivity contribution in [1.82, 2.24) is 10.7 Å². The van der Waals surface area contributed by atoms with Crippen molar-refractivity contribution >= 4 is 18.0 Å². The van der Waals surface area contributed by atoms with E-state index in [1.807, 2.05) is 37.3 Å². The van der Waals surface area contributed by atoms with E-state index < -0.39 is 5.91 Å². The van der Waals surface area contributed by atoms with Crippen LogP contribution in [0, 0.1) is 12.8 Å². The Morgan fingerprint density at radius 1 is 1.15 bits per heavy atom. The predicted molar refractivity (Wildman–Crippen MR) is 106 cm³/mol. The molecule has 0 bridgehead atoms. The van der Waals surface area contributed by atoms with Gasteiger partial charge in [0.2, 0.25) is 0 Å². The number of hydrogen-bond donors (Lipinski definition) is 2. The summed E-state index contributed by atoms with van der Waals surface area (Å²) in [6, 6.07) is 14.6. The second-order valence-corrected chi connectivity index (χ2v) is 6.62. The van der Waals surface area contributed by atoms with E-state index in [0.717, 1.165) is 16.9 Å². The van der Waals surface area contributed by atoms with Crippen LogP contribution in [-0.2, 0) is 4.79 Å². The number of hydrazone groups is 1. The van der Waals surface area contributed by atoms with Gasteiger partial charge < -0.3 is 10.1 Å². The largest absolute Gasteiger partial charge is 0.493 e. The standard InChI is InChI=1S/C21H25N3O3/c1-15(2)14-27-19-9-7-17(8-10-19)12-23-24-20(25)13-22-21(26)18-6-4-5-16(3)11-18/h4-12,15H,13-14H2,1-3H3,(H,22,26)(H,24,25). The van der Waals surface area contributed by atoms with Crippen LogP contribution in [0.15, 0.2) is 53.6 Å². The molecule has 0 unspecified atom stereocenters. The van der Waals surface area contributed by atoms with E-state index in [-0.39, 0.29) is 12.5 Å². The van der Waals surface area contributed by atoms with Crippen molar-refractivity contribution in [3.05, 3.63) is 65.2 Å². The van der Waals surface area contributed by atoms with Crippen molar-refractivity contribution < 1.29 is 14.3 Å². The molecular formula is C21H25N3O3. The van der Waals surface area contributed by atoms with E-state index in [4.69, 9.17) is 4.74 Å². The molecule has 0 spiro atoms. The molecule has 0 aliphatic carbocycles. The monoisotopic (exact) mass is 367 g/mol. The SMILES string of the molecule is Cc1cccc(C(=O)NCC(=O)NN=Cc2ccc(OCC(C)C)cc2)c1. The summed E-state index contributed by atoms with van der Waals surface area (Å²) in [6.07, 6.45) is 1.53. The average molecular weight is 367 g/mol. The highest BCUT2D eigenvalue weighted by Gasteiger charge is 2.07. The van der Waals surface area contributed by atoms with Gasteiger partial charge in [-0.25, -0.2) is 5.43 Å². The molecule has 2 aromatic carbocycles. The van der Waals surface area contributed by atoms with Crippen LogP contribution >= 0.6 is 0 Å². The number of carbonyl (C=O) groups excluding carboxylic acids is 2. The van der Waals surface area contributed by atoms with Crippen molar-refractivity contribution in [2.24, 2.45) is 11.0 Å². The second kappa shape index (κ2) is 10.1. The van der Waals surface area contributed by atoms with Gasteiger partial charge in [-0.15, -0.1) is 0 Å². The third kappa shape index (κ3) is 7.32. The Kier molecular flexibility index (Phi) is 7.55. The third-order valence-electron chi connectivity index (χ3n) is 3.56. The molecule has 0 saturated carbocycles. The maximum Gasteiger partial charge on any atom is 0.259 e. The highest BCUT2D eigenvalue weighted by atomic mass is 16.5. The first-order chi connectivity index (χ1) is 12.9. The molecule has 0 heterocycles. The molecule has 6 heteroatoms. The first-order valence-corrected chi connectivity index (χ1v) is 8.83. The fourth-order valence-electron chi connectivity index (χ4n) is 2.18. The topological polar surface area (TPSA) is 79.8 Å². The van der Waals surface area contributed by atoms with Crippen LogP contribution in [0.5, 0.6) is 5.75 Å². The highest BCUT2D eigenvalue weighted by Crippen LogP contribution is 2.12. The van der Waals surface area contributed by atoms with E-state index in [9.17, 15) is 9.59 Å². The molecule has 27 heavy (non-hydrogen) atoms. The Labute approximate surface area is 159 Å². The fraction of sp³-hybridized carbons (Fsp3) is 0.286. The van der Waals surface area contributed by atoms with E-state index >= 15 is 0 Å². The molecule has 2 N–H and O–H groups in total. The number of amides is 2. The summed E-state index contributed by atoms with van der Waals surface area (Å²) >= 11 is 0. The fourth-order valence-corrected chi connectivity index (χ4v) is 2.18. The smallest absolute Gasteiger partial charge is 0.259 e. The molecule has 2 amide bonds. The Bertz CT molecular complexity index is 799. The predicted octanol–water partition coefficient (Wildman–Crippen LogP) is 2.91. The molecule has 142 valence electrons.